The molecule has 0 saturated heterocycles. The van der Waals surface area contributed by atoms with E-state index < -0.39 is 0 Å². The molecule has 1 unspecified atom stereocenters. The van der Waals surface area contributed by atoms with Crippen molar-refractivity contribution in [2.45, 2.75) is 76.1 Å². The Hall–Kier alpha value is -1.04. The minimum absolute atomic E-state index is 0.102. The molecule has 0 spiro atoms. The molecule has 5 nitrogen and oxygen atoms in total. The molecule has 6 heteroatoms. The normalized spacial score (nSPS) is 34.5. The fraction of sp³-hybridized carbons (Fsp3) is 0.842. The average Bonchev–Trinajstić information content (AvgIpc) is 3.02. The molecule has 0 aliphatic heterocycles. The third kappa shape index (κ3) is 3.46. The van der Waals surface area contributed by atoms with E-state index in [1.807, 2.05) is 23.3 Å². The van der Waals surface area contributed by atoms with Crippen molar-refractivity contribution in [1.82, 2.24) is 20.1 Å². The van der Waals surface area contributed by atoms with E-state index in [-0.39, 0.29) is 11.9 Å². The summed E-state index contributed by atoms with van der Waals surface area (Å²) in [7, 11) is 0. The highest BCUT2D eigenvalue weighted by Crippen LogP contribution is 2.60. The summed E-state index contributed by atoms with van der Waals surface area (Å²) in [5, 5.41) is 11.3. The third-order valence-corrected chi connectivity index (χ3v) is 7.93. The Morgan fingerprint density at radius 3 is 2.40 bits per heavy atom. The van der Waals surface area contributed by atoms with Crippen LogP contribution in [0.25, 0.3) is 0 Å². The summed E-state index contributed by atoms with van der Waals surface area (Å²) in [6.45, 7) is 6.20. The third-order valence-electron chi connectivity index (χ3n) is 6.41. The number of aromatic nitrogens is 3. The fourth-order valence-corrected chi connectivity index (χ4v) is 7.32. The second-order valence-electron chi connectivity index (χ2n) is 8.87. The largest absolute Gasteiger partial charge is 0.346 e. The Balaban J connectivity index is 1.33. The van der Waals surface area contributed by atoms with E-state index in [1.165, 1.54) is 38.5 Å². The SMILES string of the molecule is CC(NC(=O)CSC12CC3CC(CC(C3)C1)C2)c1nncn1C(C)C. The van der Waals surface area contributed by atoms with Gasteiger partial charge in [-0.2, -0.15) is 0 Å². The number of carbonyl (C=O) groups is 1. The Labute approximate surface area is 154 Å². The van der Waals surface area contributed by atoms with E-state index >= 15 is 0 Å². The van der Waals surface area contributed by atoms with E-state index in [2.05, 4.69) is 29.4 Å². The van der Waals surface area contributed by atoms with Crippen LogP contribution < -0.4 is 5.32 Å². The maximum Gasteiger partial charge on any atom is 0.230 e. The van der Waals surface area contributed by atoms with Crippen molar-refractivity contribution in [2.75, 3.05) is 5.75 Å². The highest BCUT2D eigenvalue weighted by molar-refractivity contribution is 8.01. The van der Waals surface area contributed by atoms with Gasteiger partial charge in [0.05, 0.1) is 11.8 Å². The minimum atomic E-state index is -0.102. The summed E-state index contributed by atoms with van der Waals surface area (Å²) in [5.41, 5.74) is 0. The van der Waals surface area contributed by atoms with Gasteiger partial charge < -0.3 is 9.88 Å². The number of rotatable bonds is 6. The smallest absolute Gasteiger partial charge is 0.230 e. The van der Waals surface area contributed by atoms with Crippen molar-refractivity contribution in [1.29, 1.82) is 0 Å². The maximum atomic E-state index is 12.5. The summed E-state index contributed by atoms with van der Waals surface area (Å²) in [5.74, 6) is 4.35. The standard InChI is InChI=1S/C19H30N4OS/c1-12(2)23-11-20-22-18(23)13(3)21-17(24)10-25-19-7-14-4-15(8-19)6-16(5-14)9-19/h11-16H,4-10H2,1-3H3,(H,21,24). The molecule has 4 fully saturated rings. The van der Waals surface area contributed by atoms with E-state index in [0.29, 0.717) is 16.5 Å². The lowest BCUT2D eigenvalue weighted by atomic mass is 9.56. The topological polar surface area (TPSA) is 59.8 Å². The van der Waals surface area contributed by atoms with Gasteiger partial charge in [0.25, 0.3) is 0 Å². The van der Waals surface area contributed by atoms with Gasteiger partial charge in [-0.05, 0) is 77.0 Å². The van der Waals surface area contributed by atoms with Gasteiger partial charge in [-0.1, -0.05) is 0 Å². The van der Waals surface area contributed by atoms with Crippen LogP contribution in [0.5, 0.6) is 0 Å². The monoisotopic (exact) mass is 362 g/mol. The average molecular weight is 363 g/mol. The predicted molar refractivity (Wildman–Crippen MR) is 100 cm³/mol. The van der Waals surface area contributed by atoms with Crippen LogP contribution in [-0.4, -0.2) is 31.2 Å². The van der Waals surface area contributed by atoms with Crippen LogP contribution in [0, 0.1) is 17.8 Å². The number of hydrogen-bond donors (Lipinski definition) is 1. The summed E-state index contributed by atoms with van der Waals surface area (Å²) in [6.07, 6.45) is 10.1. The molecule has 0 aromatic carbocycles. The first-order valence-electron chi connectivity index (χ1n) is 9.77. The number of hydrogen-bond acceptors (Lipinski definition) is 4. The zero-order valence-corrected chi connectivity index (χ0v) is 16.4. The van der Waals surface area contributed by atoms with Crippen molar-refractivity contribution >= 4 is 17.7 Å². The summed E-state index contributed by atoms with van der Waals surface area (Å²) >= 11 is 1.94. The first kappa shape index (κ1) is 17.4. The Kier molecular flexibility index (Phi) is 4.59. The Morgan fingerprint density at radius 1 is 1.24 bits per heavy atom. The number of thioether (sulfide) groups is 1. The number of carbonyl (C=O) groups excluding carboxylic acids is 1. The Bertz CT molecular complexity index is 606. The zero-order chi connectivity index (χ0) is 17.6. The van der Waals surface area contributed by atoms with Crippen LogP contribution in [0.4, 0.5) is 0 Å². The van der Waals surface area contributed by atoms with Crippen LogP contribution in [0.3, 0.4) is 0 Å². The molecule has 0 radical (unpaired) electrons. The summed E-state index contributed by atoms with van der Waals surface area (Å²) < 4.78 is 2.42. The molecule has 4 aliphatic rings. The van der Waals surface area contributed by atoms with Crippen molar-refractivity contribution in [3.05, 3.63) is 12.2 Å². The van der Waals surface area contributed by atoms with Crippen LogP contribution in [0.1, 0.15) is 77.2 Å². The van der Waals surface area contributed by atoms with E-state index in [0.717, 1.165) is 23.6 Å². The molecule has 4 saturated carbocycles. The van der Waals surface area contributed by atoms with Crippen LogP contribution in [0.2, 0.25) is 0 Å². The molecule has 1 aromatic heterocycles. The van der Waals surface area contributed by atoms with Gasteiger partial charge in [-0.3, -0.25) is 4.79 Å². The van der Waals surface area contributed by atoms with Gasteiger partial charge in [-0.15, -0.1) is 22.0 Å². The molecule has 4 aliphatic carbocycles. The van der Waals surface area contributed by atoms with Crippen LogP contribution >= 0.6 is 11.8 Å². The van der Waals surface area contributed by atoms with Gasteiger partial charge in [0, 0.05) is 10.8 Å². The zero-order valence-electron chi connectivity index (χ0n) is 15.6. The van der Waals surface area contributed by atoms with E-state index in [4.69, 9.17) is 0 Å². The first-order chi connectivity index (χ1) is 11.9. The van der Waals surface area contributed by atoms with Crippen molar-refractivity contribution in [3.63, 3.8) is 0 Å². The Morgan fingerprint density at radius 2 is 1.84 bits per heavy atom. The molecular formula is C19H30N4OS. The van der Waals surface area contributed by atoms with Crippen molar-refractivity contribution < 1.29 is 4.79 Å². The molecule has 4 bridgehead atoms. The van der Waals surface area contributed by atoms with Gasteiger partial charge in [0.1, 0.15) is 6.33 Å². The molecule has 1 atom stereocenters. The minimum Gasteiger partial charge on any atom is -0.346 e. The van der Waals surface area contributed by atoms with Crippen LogP contribution in [0.15, 0.2) is 6.33 Å². The molecule has 1 amide bonds. The van der Waals surface area contributed by atoms with Crippen molar-refractivity contribution in [2.24, 2.45) is 17.8 Å². The van der Waals surface area contributed by atoms with E-state index in [9.17, 15) is 4.79 Å². The lowest BCUT2D eigenvalue weighted by Gasteiger charge is -2.56. The molecule has 25 heavy (non-hydrogen) atoms. The molecule has 1 N–H and O–H groups in total. The first-order valence-corrected chi connectivity index (χ1v) is 10.8. The van der Waals surface area contributed by atoms with Gasteiger partial charge in [0.2, 0.25) is 5.91 Å². The highest BCUT2D eigenvalue weighted by Gasteiger charge is 2.51. The van der Waals surface area contributed by atoms with Crippen LogP contribution in [-0.2, 0) is 4.79 Å². The predicted octanol–water partition coefficient (Wildman–Crippen LogP) is 3.74. The number of nitrogens with zero attached hydrogens (tertiary/aromatic N) is 3. The molecule has 138 valence electrons. The van der Waals surface area contributed by atoms with Crippen molar-refractivity contribution in [3.8, 4) is 0 Å². The lowest BCUT2D eigenvalue weighted by molar-refractivity contribution is -0.119. The lowest BCUT2D eigenvalue weighted by Crippen LogP contribution is -2.49. The molecule has 1 heterocycles. The van der Waals surface area contributed by atoms with Gasteiger partial charge >= 0.3 is 0 Å². The fourth-order valence-electron chi connectivity index (χ4n) is 5.73. The number of nitrogens with one attached hydrogen (secondary N) is 1. The number of amides is 1. The summed E-state index contributed by atoms with van der Waals surface area (Å²) in [4.78, 5) is 12.5. The molecule has 5 rings (SSSR count). The summed E-state index contributed by atoms with van der Waals surface area (Å²) in [6, 6.07) is 0.195. The second-order valence-corrected chi connectivity index (χ2v) is 10.3. The van der Waals surface area contributed by atoms with Gasteiger partial charge in [0.15, 0.2) is 5.82 Å². The molecular weight excluding hydrogens is 332 g/mol. The maximum absolute atomic E-state index is 12.5. The molecule has 1 aromatic rings. The van der Waals surface area contributed by atoms with Gasteiger partial charge in [-0.25, -0.2) is 0 Å². The quantitative estimate of drug-likeness (QED) is 0.837. The second kappa shape index (κ2) is 6.60. The van der Waals surface area contributed by atoms with E-state index in [1.54, 1.807) is 6.33 Å². The highest BCUT2D eigenvalue weighted by atomic mass is 32.2.